The van der Waals surface area contributed by atoms with Crippen LogP contribution in [-0.2, 0) is 0 Å². The molecular formula is C23H27ClN4O2. The molecule has 30 heavy (non-hydrogen) atoms. The molecule has 0 amide bonds. The molecule has 158 valence electrons. The zero-order valence-corrected chi connectivity index (χ0v) is 17.8. The Balaban J connectivity index is 0.00000256. The number of benzene rings is 1. The van der Waals surface area contributed by atoms with Gasteiger partial charge in [0.1, 0.15) is 5.75 Å². The van der Waals surface area contributed by atoms with Crippen molar-refractivity contribution in [3.63, 3.8) is 0 Å². The molecule has 1 aliphatic heterocycles. The van der Waals surface area contributed by atoms with Crippen LogP contribution < -0.4 is 10.3 Å². The van der Waals surface area contributed by atoms with Crippen LogP contribution in [0.4, 0.5) is 0 Å². The monoisotopic (exact) mass is 426 g/mol. The highest BCUT2D eigenvalue weighted by Gasteiger charge is 2.09. The molecule has 0 unspecified atom stereocenters. The summed E-state index contributed by atoms with van der Waals surface area (Å²) in [7, 11) is 0. The Hall–Kier alpha value is -2.70. The lowest BCUT2D eigenvalue weighted by Crippen LogP contribution is -2.31. The Kier molecular flexibility index (Phi) is 7.99. The van der Waals surface area contributed by atoms with Crippen LogP contribution in [0.25, 0.3) is 16.9 Å². The van der Waals surface area contributed by atoms with E-state index in [-0.39, 0.29) is 18.0 Å². The standard InChI is InChI=1S/C23H26N4O2.ClH/c28-23-17-20(18-25-27(23)22-7-2-3-12-24-22)19-8-10-21(11-9-19)29-16-6-15-26-13-4-1-5-14-26;/h2-3,7-12,17-18H,1,4-6,13-16H2;1H. The fourth-order valence-corrected chi connectivity index (χ4v) is 3.62. The van der Waals surface area contributed by atoms with Gasteiger partial charge in [-0.15, -0.1) is 12.4 Å². The van der Waals surface area contributed by atoms with Crippen molar-refractivity contribution in [2.45, 2.75) is 25.7 Å². The van der Waals surface area contributed by atoms with Gasteiger partial charge in [-0.3, -0.25) is 4.79 Å². The van der Waals surface area contributed by atoms with Crippen molar-refractivity contribution in [1.29, 1.82) is 0 Å². The second kappa shape index (κ2) is 10.9. The van der Waals surface area contributed by atoms with Gasteiger partial charge in [-0.05, 0) is 62.2 Å². The minimum Gasteiger partial charge on any atom is -0.494 e. The molecule has 2 aromatic heterocycles. The van der Waals surface area contributed by atoms with Gasteiger partial charge in [-0.1, -0.05) is 24.6 Å². The van der Waals surface area contributed by atoms with E-state index in [4.69, 9.17) is 4.74 Å². The highest BCUT2D eigenvalue weighted by Crippen LogP contribution is 2.21. The first kappa shape index (κ1) is 22.0. The van der Waals surface area contributed by atoms with Gasteiger partial charge in [0.15, 0.2) is 5.82 Å². The van der Waals surface area contributed by atoms with Gasteiger partial charge in [-0.2, -0.15) is 9.78 Å². The first-order valence-corrected chi connectivity index (χ1v) is 10.3. The van der Waals surface area contributed by atoms with E-state index in [2.05, 4.69) is 15.0 Å². The van der Waals surface area contributed by atoms with Crippen molar-refractivity contribution in [1.82, 2.24) is 19.7 Å². The maximum Gasteiger partial charge on any atom is 0.273 e. The molecule has 0 bridgehead atoms. The summed E-state index contributed by atoms with van der Waals surface area (Å²) in [4.78, 5) is 19.1. The minimum atomic E-state index is -0.209. The SMILES string of the molecule is Cl.O=c1cc(-c2ccc(OCCCN3CCCCC3)cc2)cnn1-c1ccccn1. The molecule has 0 saturated carbocycles. The van der Waals surface area contributed by atoms with Crippen LogP contribution in [0, 0.1) is 0 Å². The quantitative estimate of drug-likeness (QED) is 0.535. The zero-order chi connectivity index (χ0) is 19.9. The summed E-state index contributed by atoms with van der Waals surface area (Å²) in [5, 5.41) is 4.26. The number of aromatic nitrogens is 3. The summed E-state index contributed by atoms with van der Waals surface area (Å²) in [6.45, 7) is 4.28. The molecule has 4 rings (SSSR count). The fraction of sp³-hybridized carbons (Fsp3) is 0.348. The number of hydrogen-bond donors (Lipinski definition) is 0. The molecule has 3 heterocycles. The average Bonchev–Trinajstić information content (AvgIpc) is 2.78. The molecule has 0 spiro atoms. The van der Waals surface area contributed by atoms with Crippen molar-refractivity contribution in [2.75, 3.05) is 26.2 Å². The van der Waals surface area contributed by atoms with E-state index in [1.165, 1.54) is 37.0 Å². The molecule has 0 N–H and O–H groups in total. The van der Waals surface area contributed by atoms with E-state index < -0.39 is 0 Å². The number of pyridine rings is 1. The van der Waals surface area contributed by atoms with Crippen LogP contribution >= 0.6 is 12.4 Å². The summed E-state index contributed by atoms with van der Waals surface area (Å²) < 4.78 is 7.17. The van der Waals surface area contributed by atoms with E-state index in [0.29, 0.717) is 5.82 Å². The van der Waals surface area contributed by atoms with Gasteiger partial charge in [0.2, 0.25) is 0 Å². The Morgan fingerprint density at radius 1 is 0.967 bits per heavy atom. The number of hydrogen-bond acceptors (Lipinski definition) is 5. The van der Waals surface area contributed by atoms with Crippen molar-refractivity contribution in [2.24, 2.45) is 0 Å². The summed E-state index contributed by atoms with van der Waals surface area (Å²) >= 11 is 0. The second-order valence-corrected chi connectivity index (χ2v) is 7.31. The molecular weight excluding hydrogens is 400 g/mol. The van der Waals surface area contributed by atoms with Crippen molar-refractivity contribution < 1.29 is 4.74 Å². The van der Waals surface area contributed by atoms with E-state index >= 15 is 0 Å². The zero-order valence-electron chi connectivity index (χ0n) is 16.9. The summed E-state index contributed by atoms with van der Waals surface area (Å²) in [5.41, 5.74) is 1.50. The molecule has 0 aliphatic carbocycles. The Morgan fingerprint density at radius 2 is 1.77 bits per heavy atom. The number of piperidine rings is 1. The third-order valence-electron chi connectivity index (χ3n) is 5.19. The number of halogens is 1. The molecule has 6 nitrogen and oxygen atoms in total. The van der Waals surface area contributed by atoms with Crippen LogP contribution in [0.15, 0.2) is 65.7 Å². The molecule has 1 fully saturated rings. The minimum absolute atomic E-state index is 0. The van der Waals surface area contributed by atoms with Crippen LogP contribution in [0.3, 0.4) is 0 Å². The smallest absolute Gasteiger partial charge is 0.273 e. The predicted octanol–water partition coefficient (Wildman–Crippen LogP) is 3.97. The van der Waals surface area contributed by atoms with E-state index in [9.17, 15) is 4.79 Å². The first-order valence-electron chi connectivity index (χ1n) is 10.3. The Bertz CT molecular complexity index is 970. The lowest BCUT2D eigenvalue weighted by atomic mass is 10.1. The number of nitrogens with zero attached hydrogens (tertiary/aromatic N) is 4. The fourth-order valence-electron chi connectivity index (χ4n) is 3.62. The van der Waals surface area contributed by atoms with Gasteiger partial charge in [0, 0.05) is 24.4 Å². The molecule has 7 heteroatoms. The molecule has 1 aromatic carbocycles. The van der Waals surface area contributed by atoms with Gasteiger partial charge in [0.25, 0.3) is 5.56 Å². The normalized spacial score (nSPS) is 14.1. The maximum atomic E-state index is 12.4. The van der Waals surface area contributed by atoms with Gasteiger partial charge >= 0.3 is 0 Å². The van der Waals surface area contributed by atoms with Crippen LogP contribution in [-0.4, -0.2) is 45.9 Å². The first-order chi connectivity index (χ1) is 14.3. The van der Waals surface area contributed by atoms with Crippen molar-refractivity contribution in [3.05, 3.63) is 71.3 Å². The molecule has 3 aromatic rings. The van der Waals surface area contributed by atoms with E-state index in [0.717, 1.165) is 36.4 Å². The van der Waals surface area contributed by atoms with E-state index in [1.54, 1.807) is 30.6 Å². The second-order valence-electron chi connectivity index (χ2n) is 7.31. The summed E-state index contributed by atoms with van der Waals surface area (Å²) in [6.07, 6.45) is 8.38. The number of ether oxygens (including phenoxy) is 1. The Labute approximate surface area is 182 Å². The van der Waals surface area contributed by atoms with Gasteiger partial charge in [0.05, 0.1) is 12.8 Å². The topological polar surface area (TPSA) is 60.2 Å². The highest BCUT2D eigenvalue weighted by molar-refractivity contribution is 5.85. The largest absolute Gasteiger partial charge is 0.494 e. The van der Waals surface area contributed by atoms with Gasteiger partial charge < -0.3 is 9.64 Å². The van der Waals surface area contributed by atoms with E-state index in [1.807, 2.05) is 30.3 Å². The van der Waals surface area contributed by atoms with Crippen LogP contribution in [0.2, 0.25) is 0 Å². The molecule has 1 saturated heterocycles. The van der Waals surface area contributed by atoms with Crippen LogP contribution in [0.1, 0.15) is 25.7 Å². The van der Waals surface area contributed by atoms with Crippen LogP contribution in [0.5, 0.6) is 5.75 Å². The summed E-state index contributed by atoms with van der Waals surface area (Å²) in [6, 6.07) is 14.8. The lowest BCUT2D eigenvalue weighted by molar-refractivity contribution is 0.205. The number of likely N-dealkylation sites (tertiary alicyclic amines) is 1. The molecule has 0 radical (unpaired) electrons. The lowest BCUT2D eigenvalue weighted by Gasteiger charge is -2.26. The van der Waals surface area contributed by atoms with Crippen molar-refractivity contribution >= 4 is 12.4 Å². The average molecular weight is 427 g/mol. The summed E-state index contributed by atoms with van der Waals surface area (Å²) in [5.74, 6) is 1.36. The third kappa shape index (κ3) is 5.68. The van der Waals surface area contributed by atoms with Crippen molar-refractivity contribution in [3.8, 4) is 22.7 Å². The predicted molar refractivity (Wildman–Crippen MR) is 121 cm³/mol. The number of rotatable bonds is 7. The molecule has 1 aliphatic rings. The third-order valence-corrected chi connectivity index (χ3v) is 5.19. The Morgan fingerprint density at radius 3 is 2.47 bits per heavy atom. The highest BCUT2D eigenvalue weighted by atomic mass is 35.5. The molecule has 0 atom stereocenters. The van der Waals surface area contributed by atoms with Gasteiger partial charge in [-0.25, -0.2) is 4.98 Å². The maximum absolute atomic E-state index is 12.4.